The van der Waals surface area contributed by atoms with Crippen LogP contribution in [0.1, 0.15) is 43.0 Å². The highest BCUT2D eigenvalue weighted by molar-refractivity contribution is 6.35. The highest BCUT2D eigenvalue weighted by Crippen LogP contribution is 2.46. The molecular formula is C19H17Cl2F2NO2. The number of aromatic nitrogens is 1. The highest BCUT2D eigenvalue weighted by Gasteiger charge is 2.49. The van der Waals surface area contributed by atoms with Crippen LogP contribution in [0.15, 0.2) is 30.5 Å². The SMILES string of the molecule is C[C@]1(O)CC[C@@](F)(C(=O)CCc2c(F)cc(Cl)cc2Cl)c2cccnc21. The summed E-state index contributed by atoms with van der Waals surface area (Å²) in [5, 5.41) is 10.7. The van der Waals surface area contributed by atoms with E-state index in [1.165, 1.54) is 24.4 Å². The second kappa shape index (κ2) is 6.87. The number of hydrogen-bond acceptors (Lipinski definition) is 3. The van der Waals surface area contributed by atoms with Crippen LogP contribution in [0.2, 0.25) is 10.0 Å². The van der Waals surface area contributed by atoms with E-state index in [2.05, 4.69) is 4.98 Å². The number of fused-ring (bicyclic) bond motifs is 1. The Morgan fingerprint density at radius 1 is 1.35 bits per heavy atom. The summed E-state index contributed by atoms with van der Waals surface area (Å²) in [6.07, 6.45) is 1.08. The number of nitrogens with zero attached hydrogens (tertiary/aromatic N) is 1. The maximum absolute atomic E-state index is 15.6. The van der Waals surface area contributed by atoms with Gasteiger partial charge in [-0.3, -0.25) is 9.78 Å². The number of rotatable bonds is 4. The number of carbonyl (C=O) groups is 1. The molecule has 1 N–H and O–H groups in total. The van der Waals surface area contributed by atoms with Crippen molar-refractivity contribution < 1.29 is 18.7 Å². The molecule has 3 nitrogen and oxygen atoms in total. The van der Waals surface area contributed by atoms with E-state index in [0.717, 1.165) is 6.07 Å². The Morgan fingerprint density at radius 3 is 2.77 bits per heavy atom. The van der Waals surface area contributed by atoms with Crippen LogP contribution in [-0.2, 0) is 22.5 Å². The zero-order valence-electron chi connectivity index (χ0n) is 14.0. The largest absolute Gasteiger partial charge is 0.384 e. The fourth-order valence-corrected chi connectivity index (χ4v) is 3.92. The number of alkyl halides is 1. The zero-order valence-corrected chi connectivity index (χ0v) is 15.5. The lowest BCUT2D eigenvalue weighted by atomic mass is 9.73. The predicted molar refractivity (Wildman–Crippen MR) is 95.6 cm³/mol. The van der Waals surface area contributed by atoms with E-state index in [-0.39, 0.29) is 52.5 Å². The Hall–Kier alpha value is -1.56. The summed E-state index contributed by atoms with van der Waals surface area (Å²) in [5.41, 5.74) is -3.19. The minimum absolute atomic E-state index is 0.0433. The molecule has 0 saturated carbocycles. The van der Waals surface area contributed by atoms with Crippen molar-refractivity contribution in [1.29, 1.82) is 0 Å². The van der Waals surface area contributed by atoms with Crippen LogP contribution in [0, 0.1) is 5.82 Å². The summed E-state index contributed by atoms with van der Waals surface area (Å²) in [6.45, 7) is 1.55. The lowest BCUT2D eigenvalue weighted by molar-refractivity contribution is -0.134. The van der Waals surface area contributed by atoms with Gasteiger partial charge in [0.05, 0.1) is 5.69 Å². The molecule has 0 fully saturated rings. The van der Waals surface area contributed by atoms with Gasteiger partial charge >= 0.3 is 0 Å². The number of aliphatic hydroxyl groups is 1. The third-order valence-corrected chi connectivity index (χ3v) is 5.41. The van der Waals surface area contributed by atoms with Crippen LogP contribution in [-0.4, -0.2) is 15.9 Å². The van der Waals surface area contributed by atoms with Gasteiger partial charge in [-0.05, 0) is 44.4 Å². The monoisotopic (exact) mass is 399 g/mol. The molecule has 1 aromatic heterocycles. The molecule has 26 heavy (non-hydrogen) atoms. The first-order chi connectivity index (χ1) is 12.1. The summed E-state index contributed by atoms with van der Waals surface area (Å²) in [7, 11) is 0. The minimum Gasteiger partial charge on any atom is -0.384 e. The maximum Gasteiger partial charge on any atom is 0.195 e. The molecule has 0 aliphatic heterocycles. The summed E-state index contributed by atoms with van der Waals surface area (Å²) >= 11 is 11.7. The standard InChI is InChI=1S/C19H17Cl2F2NO2/c1-18(26)6-7-19(23,13-3-2-8-24-17(13)18)16(25)5-4-12-14(21)9-11(20)10-15(12)22/h2-3,8-10,26H,4-7H2,1H3/t18-,19-/m0/s1. The molecule has 0 radical (unpaired) electrons. The van der Waals surface area contributed by atoms with E-state index in [0.29, 0.717) is 0 Å². The zero-order chi connectivity index (χ0) is 19.1. The van der Waals surface area contributed by atoms with Gasteiger partial charge in [0, 0.05) is 33.8 Å². The molecule has 3 rings (SSSR count). The smallest absolute Gasteiger partial charge is 0.195 e. The van der Waals surface area contributed by atoms with Crippen LogP contribution in [0.25, 0.3) is 0 Å². The van der Waals surface area contributed by atoms with Crippen molar-refractivity contribution in [2.75, 3.05) is 0 Å². The number of benzene rings is 1. The summed E-state index contributed by atoms with van der Waals surface area (Å²) in [4.78, 5) is 16.7. The highest BCUT2D eigenvalue weighted by atomic mass is 35.5. The Kier molecular flexibility index (Phi) is 5.08. The molecule has 2 aromatic rings. The second-order valence-electron chi connectivity index (χ2n) is 6.75. The number of hydrogen-bond donors (Lipinski definition) is 1. The first-order valence-corrected chi connectivity index (χ1v) is 8.95. The Labute approximate surface area is 160 Å². The predicted octanol–water partition coefficient (Wildman–Crippen LogP) is 4.90. The van der Waals surface area contributed by atoms with Gasteiger partial charge in [0.15, 0.2) is 11.5 Å². The Bertz CT molecular complexity index is 849. The minimum atomic E-state index is -2.26. The lowest BCUT2D eigenvalue weighted by Crippen LogP contribution is -2.42. The quantitative estimate of drug-likeness (QED) is 0.795. The van der Waals surface area contributed by atoms with Crippen molar-refractivity contribution in [3.8, 4) is 0 Å². The number of pyridine rings is 1. The second-order valence-corrected chi connectivity index (χ2v) is 7.59. The average Bonchev–Trinajstić information content (AvgIpc) is 2.58. The van der Waals surface area contributed by atoms with E-state index >= 15 is 4.39 Å². The first kappa shape index (κ1) is 19.2. The van der Waals surface area contributed by atoms with Gasteiger partial charge < -0.3 is 5.11 Å². The van der Waals surface area contributed by atoms with Crippen LogP contribution < -0.4 is 0 Å². The molecule has 1 aliphatic carbocycles. The van der Waals surface area contributed by atoms with Crippen LogP contribution in [0.3, 0.4) is 0 Å². The van der Waals surface area contributed by atoms with E-state index in [1.54, 1.807) is 6.92 Å². The van der Waals surface area contributed by atoms with Crippen molar-refractivity contribution >= 4 is 29.0 Å². The fraction of sp³-hybridized carbons (Fsp3) is 0.368. The van der Waals surface area contributed by atoms with Gasteiger partial charge in [-0.2, -0.15) is 0 Å². The van der Waals surface area contributed by atoms with Crippen molar-refractivity contribution in [2.24, 2.45) is 0 Å². The average molecular weight is 400 g/mol. The van der Waals surface area contributed by atoms with Gasteiger partial charge in [-0.15, -0.1) is 0 Å². The lowest BCUT2D eigenvalue weighted by Gasteiger charge is -2.37. The van der Waals surface area contributed by atoms with Gasteiger partial charge in [0.1, 0.15) is 11.4 Å². The molecule has 0 saturated heterocycles. The molecule has 0 spiro atoms. The van der Waals surface area contributed by atoms with Gasteiger partial charge in [-0.1, -0.05) is 29.3 Å². The molecule has 0 unspecified atom stereocenters. The van der Waals surface area contributed by atoms with Crippen molar-refractivity contribution in [1.82, 2.24) is 4.98 Å². The normalized spacial score (nSPS) is 25.0. The van der Waals surface area contributed by atoms with Crippen LogP contribution in [0.4, 0.5) is 8.78 Å². The molecular weight excluding hydrogens is 383 g/mol. The molecule has 138 valence electrons. The van der Waals surface area contributed by atoms with E-state index < -0.39 is 22.9 Å². The van der Waals surface area contributed by atoms with E-state index in [4.69, 9.17) is 23.2 Å². The molecule has 1 aliphatic rings. The Balaban J connectivity index is 1.87. The fourth-order valence-electron chi connectivity index (χ4n) is 3.36. The van der Waals surface area contributed by atoms with Crippen LogP contribution in [0.5, 0.6) is 0 Å². The van der Waals surface area contributed by atoms with E-state index in [9.17, 15) is 14.3 Å². The summed E-state index contributed by atoms with van der Waals surface area (Å²) in [6, 6.07) is 5.48. The molecule has 1 heterocycles. The van der Waals surface area contributed by atoms with E-state index in [1.807, 2.05) is 0 Å². The molecule has 2 atom stereocenters. The first-order valence-electron chi connectivity index (χ1n) is 8.19. The molecule has 0 amide bonds. The number of carbonyl (C=O) groups excluding carboxylic acids is 1. The number of Topliss-reactive ketones (excluding diaryl/α,β-unsaturated/α-hetero) is 1. The maximum atomic E-state index is 15.6. The molecule has 0 bridgehead atoms. The summed E-state index contributed by atoms with van der Waals surface area (Å²) in [5.74, 6) is -1.32. The molecule has 7 heteroatoms. The topological polar surface area (TPSA) is 50.2 Å². The molecule has 1 aromatic carbocycles. The van der Waals surface area contributed by atoms with Crippen molar-refractivity contribution in [3.05, 3.63) is 63.1 Å². The Morgan fingerprint density at radius 2 is 2.08 bits per heavy atom. The third-order valence-electron chi connectivity index (χ3n) is 4.85. The summed E-state index contributed by atoms with van der Waals surface area (Å²) < 4.78 is 29.6. The third kappa shape index (κ3) is 3.36. The van der Waals surface area contributed by atoms with Crippen molar-refractivity contribution in [2.45, 2.75) is 43.9 Å². The van der Waals surface area contributed by atoms with Gasteiger partial charge in [0.2, 0.25) is 0 Å². The van der Waals surface area contributed by atoms with Gasteiger partial charge in [-0.25, -0.2) is 8.78 Å². The number of halogens is 4. The van der Waals surface area contributed by atoms with Crippen molar-refractivity contribution in [3.63, 3.8) is 0 Å². The van der Waals surface area contributed by atoms with Gasteiger partial charge in [0.25, 0.3) is 0 Å². The van der Waals surface area contributed by atoms with Crippen LogP contribution >= 0.6 is 23.2 Å². The number of ketones is 1.